The van der Waals surface area contributed by atoms with Crippen LogP contribution in [-0.2, 0) is 0 Å². The van der Waals surface area contributed by atoms with E-state index in [1.165, 1.54) is 89.2 Å². The lowest BCUT2D eigenvalue weighted by atomic mass is 9.68. The van der Waals surface area contributed by atoms with E-state index in [-0.39, 0.29) is 5.75 Å². The molecule has 2 saturated carbocycles. The number of hydrogen-bond donors (Lipinski definition) is 0. The van der Waals surface area contributed by atoms with Gasteiger partial charge in [0.05, 0.1) is 0 Å². The third-order valence-corrected chi connectivity index (χ3v) is 7.62. The minimum atomic E-state index is -4.64. The molecule has 2 aliphatic rings. The van der Waals surface area contributed by atoms with Crippen LogP contribution >= 0.6 is 0 Å². The van der Waals surface area contributed by atoms with Gasteiger partial charge in [0.25, 0.3) is 0 Å². The molecule has 0 aliphatic heterocycles. The number of unbranched alkanes of at least 4 members (excludes halogenated alkanes) is 2. The smallest absolute Gasteiger partial charge is 0.406 e. The first-order valence-electron chi connectivity index (χ1n) is 12.4. The Bertz CT molecular complexity index is 675. The molecule has 0 saturated heterocycles. The summed E-state index contributed by atoms with van der Waals surface area (Å²) in [6.45, 7) is 4.35. The molecular weight excluding hydrogens is 397 g/mol. The summed E-state index contributed by atoms with van der Waals surface area (Å²) in [4.78, 5) is 0. The Kier molecular flexibility index (Phi) is 8.92. The molecule has 4 heteroatoms. The summed E-state index contributed by atoms with van der Waals surface area (Å²) >= 11 is 0. The molecule has 1 aromatic rings. The van der Waals surface area contributed by atoms with Crippen molar-refractivity contribution >= 4 is 5.57 Å². The van der Waals surface area contributed by atoms with E-state index in [4.69, 9.17) is 0 Å². The van der Waals surface area contributed by atoms with Gasteiger partial charge < -0.3 is 4.74 Å². The van der Waals surface area contributed by atoms with Crippen molar-refractivity contribution in [1.82, 2.24) is 0 Å². The van der Waals surface area contributed by atoms with Crippen molar-refractivity contribution in [2.24, 2.45) is 23.7 Å². The maximum atomic E-state index is 12.3. The minimum absolute atomic E-state index is 0.162. The van der Waals surface area contributed by atoms with Crippen molar-refractivity contribution in [3.63, 3.8) is 0 Å². The fourth-order valence-electron chi connectivity index (χ4n) is 5.78. The fourth-order valence-corrected chi connectivity index (χ4v) is 5.78. The molecule has 0 bridgehead atoms. The Balaban J connectivity index is 1.43. The fraction of sp³-hybridized carbons (Fsp3) is 0.704. The molecule has 0 amide bonds. The van der Waals surface area contributed by atoms with Gasteiger partial charge in [-0.25, -0.2) is 0 Å². The average Bonchev–Trinajstić information content (AvgIpc) is 2.74. The van der Waals surface area contributed by atoms with Crippen LogP contribution in [0.25, 0.3) is 5.57 Å². The van der Waals surface area contributed by atoms with Crippen LogP contribution in [0.1, 0.15) is 96.5 Å². The zero-order chi connectivity index (χ0) is 22.3. The van der Waals surface area contributed by atoms with E-state index in [0.29, 0.717) is 5.92 Å². The monoisotopic (exact) mass is 436 g/mol. The van der Waals surface area contributed by atoms with Gasteiger partial charge in [0.2, 0.25) is 0 Å². The second-order valence-corrected chi connectivity index (χ2v) is 9.87. The molecule has 174 valence electrons. The predicted molar refractivity (Wildman–Crippen MR) is 122 cm³/mol. The molecular formula is C27H39F3O. The Morgan fingerprint density at radius 3 is 2.03 bits per heavy atom. The third-order valence-electron chi connectivity index (χ3n) is 7.62. The largest absolute Gasteiger partial charge is 0.573 e. The number of halogens is 3. The first kappa shape index (κ1) is 24.2. The summed E-state index contributed by atoms with van der Waals surface area (Å²) in [6.07, 6.45) is 14.2. The van der Waals surface area contributed by atoms with E-state index in [0.717, 1.165) is 28.9 Å². The molecule has 1 nitrogen and oxygen atoms in total. The van der Waals surface area contributed by atoms with E-state index >= 15 is 0 Å². The molecule has 2 fully saturated rings. The quantitative estimate of drug-likeness (QED) is 0.369. The highest BCUT2D eigenvalue weighted by Gasteiger charge is 2.31. The zero-order valence-corrected chi connectivity index (χ0v) is 19.2. The third kappa shape index (κ3) is 7.88. The summed E-state index contributed by atoms with van der Waals surface area (Å²) in [5, 5.41) is 0. The second kappa shape index (κ2) is 11.4. The van der Waals surface area contributed by atoms with Crippen LogP contribution in [0.5, 0.6) is 5.75 Å². The van der Waals surface area contributed by atoms with Gasteiger partial charge in [0.1, 0.15) is 5.75 Å². The summed E-state index contributed by atoms with van der Waals surface area (Å²) in [5.41, 5.74) is 2.12. The number of hydrogen-bond acceptors (Lipinski definition) is 1. The summed E-state index contributed by atoms with van der Waals surface area (Å²) in [5.74, 6) is 3.25. The maximum absolute atomic E-state index is 12.3. The van der Waals surface area contributed by atoms with Crippen LogP contribution in [0.4, 0.5) is 13.2 Å². The molecule has 31 heavy (non-hydrogen) atoms. The molecule has 0 radical (unpaired) electrons. The first-order chi connectivity index (χ1) is 14.8. The van der Waals surface area contributed by atoms with Gasteiger partial charge in [0.15, 0.2) is 0 Å². The average molecular weight is 437 g/mol. The lowest BCUT2D eigenvalue weighted by Gasteiger charge is -2.37. The van der Waals surface area contributed by atoms with E-state index in [1.54, 1.807) is 12.1 Å². The van der Waals surface area contributed by atoms with Gasteiger partial charge in [-0.15, -0.1) is 13.2 Å². The van der Waals surface area contributed by atoms with Crippen LogP contribution in [0, 0.1) is 23.7 Å². The number of allylic oxidation sites excluding steroid dienone is 2. The van der Waals surface area contributed by atoms with Gasteiger partial charge in [-0.1, -0.05) is 63.7 Å². The summed E-state index contributed by atoms with van der Waals surface area (Å²) in [6, 6.07) is 6.24. The van der Waals surface area contributed by atoms with E-state index in [2.05, 4.69) is 24.7 Å². The Morgan fingerprint density at radius 2 is 1.48 bits per heavy atom. The molecule has 0 heterocycles. The van der Waals surface area contributed by atoms with Crippen molar-refractivity contribution < 1.29 is 17.9 Å². The number of rotatable bonds is 8. The van der Waals surface area contributed by atoms with Gasteiger partial charge in [0, 0.05) is 0 Å². The molecule has 0 spiro atoms. The minimum Gasteiger partial charge on any atom is -0.406 e. The lowest BCUT2D eigenvalue weighted by Crippen LogP contribution is -2.25. The van der Waals surface area contributed by atoms with Crippen LogP contribution in [0.3, 0.4) is 0 Å². The van der Waals surface area contributed by atoms with E-state index < -0.39 is 6.36 Å². The number of alkyl halides is 3. The van der Waals surface area contributed by atoms with Crippen molar-refractivity contribution in [3.8, 4) is 5.75 Å². The lowest BCUT2D eigenvalue weighted by molar-refractivity contribution is -0.274. The molecule has 1 aromatic carbocycles. The zero-order valence-electron chi connectivity index (χ0n) is 19.2. The highest BCUT2D eigenvalue weighted by Crippen LogP contribution is 2.43. The van der Waals surface area contributed by atoms with Crippen molar-refractivity contribution in [3.05, 3.63) is 35.9 Å². The van der Waals surface area contributed by atoms with Crippen molar-refractivity contribution in [1.29, 1.82) is 0 Å². The standard InChI is InChI=1S/C27H39F3O/c1-3-4-5-6-21-7-11-24(12-8-21)25-13-9-22(10-14-25)19-20(2)23-15-17-26(18-16-23)31-27(28,29)30/h15-19,21-22,24-25H,3-14H2,1-2H3/b20-19+. The van der Waals surface area contributed by atoms with Gasteiger partial charge >= 0.3 is 6.36 Å². The van der Waals surface area contributed by atoms with Crippen LogP contribution in [0.15, 0.2) is 30.3 Å². The Hall–Kier alpha value is -1.45. The maximum Gasteiger partial charge on any atom is 0.573 e. The van der Waals surface area contributed by atoms with Crippen LogP contribution in [0.2, 0.25) is 0 Å². The predicted octanol–water partition coefficient (Wildman–Crippen LogP) is 9.18. The van der Waals surface area contributed by atoms with Gasteiger partial charge in [-0.2, -0.15) is 0 Å². The molecule has 3 rings (SSSR count). The molecule has 2 aliphatic carbocycles. The SMILES string of the molecule is CCCCCC1CCC(C2CCC(/C=C(\C)c3ccc(OC(F)(F)F)cc3)CC2)CC1. The second-order valence-electron chi connectivity index (χ2n) is 9.87. The molecule has 0 N–H and O–H groups in total. The number of benzene rings is 1. The molecule has 0 unspecified atom stereocenters. The molecule has 0 aromatic heterocycles. The highest BCUT2D eigenvalue weighted by molar-refractivity contribution is 5.64. The summed E-state index contributed by atoms with van der Waals surface area (Å²) in [7, 11) is 0. The Morgan fingerprint density at radius 1 is 0.903 bits per heavy atom. The molecule has 0 atom stereocenters. The highest BCUT2D eigenvalue weighted by atomic mass is 19.4. The van der Waals surface area contributed by atoms with E-state index in [9.17, 15) is 13.2 Å². The van der Waals surface area contributed by atoms with Crippen molar-refractivity contribution in [2.75, 3.05) is 0 Å². The number of ether oxygens (including phenoxy) is 1. The normalized spacial score (nSPS) is 27.8. The first-order valence-corrected chi connectivity index (χ1v) is 12.4. The van der Waals surface area contributed by atoms with Crippen molar-refractivity contribution in [2.45, 2.75) is 97.3 Å². The summed E-state index contributed by atoms with van der Waals surface area (Å²) < 4.78 is 40.9. The van der Waals surface area contributed by atoms with Gasteiger partial charge in [-0.05, 0) is 92.4 Å². The van der Waals surface area contributed by atoms with Crippen LogP contribution in [-0.4, -0.2) is 6.36 Å². The topological polar surface area (TPSA) is 9.23 Å². The van der Waals surface area contributed by atoms with Crippen LogP contribution < -0.4 is 4.74 Å². The van der Waals surface area contributed by atoms with Gasteiger partial charge in [-0.3, -0.25) is 0 Å². The van der Waals surface area contributed by atoms with E-state index in [1.807, 2.05) is 0 Å². The Labute approximate surface area is 186 Å².